The maximum atomic E-state index is 5.20. The van der Waals surface area contributed by atoms with E-state index in [0.29, 0.717) is 12.6 Å². The predicted octanol–water partition coefficient (Wildman–Crippen LogP) is 0.964. The van der Waals surface area contributed by atoms with E-state index < -0.39 is 0 Å². The summed E-state index contributed by atoms with van der Waals surface area (Å²) < 4.78 is 5.20. The highest BCUT2D eigenvalue weighted by Gasteiger charge is 2.31. The molecule has 24 heavy (non-hydrogen) atoms. The normalized spacial score (nSPS) is 26.1. The van der Waals surface area contributed by atoms with Gasteiger partial charge in [0.05, 0.1) is 12.2 Å². The number of piperazine rings is 3. The molecule has 3 aliphatic rings. The molecule has 1 aromatic heterocycles. The highest BCUT2D eigenvalue weighted by atomic mass is 127. The Labute approximate surface area is 161 Å². The molecule has 2 N–H and O–H groups in total. The first kappa shape index (κ1) is 19.5. The number of nitrogens with zero attached hydrogens (tertiary/aromatic N) is 4. The summed E-state index contributed by atoms with van der Waals surface area (Å²) in [6.07, 6.45) is 0. The smallest absolute Gasteiger partial charge is 0.191 e. The Morgan fingerprint density at radius 1 is 1.25 bits per heavy atom. The number of guanidine groups is 1. The Morgan fingerprint density at radius 2 is 2.00 bits per heavy atom. The molecule has 2 bridgehead atoms. The van der Waals surface area contributed by atoms with Gasteiger partial charge in [0, 0.05) is 57.4 Å². The molecule has 4 heterocycles. The maximum absolute atomic E-state index is 5.20. The third kappa shape index (κ3) is 4.60. The molecule has 3 aliphatic heterocycles. The fraction of sp³-hybridized carbons (Fsp3) is 0.750. The summed E-state index contributed by atoms with van der Waals surface area (Å²) in [7, 11) is 0. The Morgan fingerprint density at radius 3 is 2.54 bits per heavy atom. The molecule has 136 valence electrons. The van der Waals surface area contributed by atoms with E-state index in [1.807, 2.05) is 13.8 Å². The van der Waals surface area contributed by atoms with E-state index >= 15 is 0 Å². The lowest BCUT2D eigenvalue weighted by atomic mass is 10.1. The predicted molar refractivity (Wildman–Crippen MR) is 106 cm³/mol. The lowest BCUT2D eigenvalue weighted by Crippen LogP contribution is -2.63. The molecule has 0 radical (unpaired) electrons. The standard InChI is InChI=1S/C16H28N6O.HI/c1-4-17-16(19-10-15-12(2)20-23-13(15)3)18-9-14-11-21-5-7-22(14)8-6-21;/h14H,4-11H2,1-3H3,(H2,17,18,19);1H. The van der Waals surface area contributed by atoms with Crippen molar-refractivity contribution in [1.29, 1.82) is 0 Å². The van der Waals surface area contributed by atoms with E-state index in [-0.39, 0.29) is 24.0 Å². The van der Waals surface area contributed by atoms with Crippen molar-refractivity contribution in [3.8, 4) is 0 Å². The van der Waals surface area contributed by atoms with Crippen LogP contribution in [0.3, 0.4) is 0 Å². The van der Waals surface area contributed by atoms with Crippen LogP contribution in [-0.2, 0) is 6.54 Å². The number of hydrogen-bond acceptors (Lipinski definition) is 5. The summed E-state index contributed by atoms with van der Waals surface area (Å²) in [5.41, 5.74) is 2.00. The second-order valence-corrected chi connectivity index (χ2v) is 6.37. The highest BCUT2D eigenvalue weighted by Crippen LogP contribution is 2.15. The van der Waals surface area contributed by atoms with Gasteiger partial charge >= 0.3 is 0 Å². The molecular formula is C16H29IN6O. The van der Waals surface area contributed by atoms with Crippen molar-refractivity contribution in [2.75, 3.05) is 45.8 Å². The van der Waals surface area contributed by atoms with Gasteiger partial charge in [-0.25, -0.2) is 4.99 Å². The lowest BCUT2D eigenvalue weighted by Gasteiger charge is -2.47. The zero-order valence-corrected chi connectivity index (χ0v) is 17.2. The average molecular weight is 448 g/mol. The number of rotatable bonds is 5. The van der Waals surface area contributed by atoms with Gasteiger partial charge in [0.2, 0.25) is 0 Å². The van der Waals surface area contributed by atoms with Crippen molar-refractivity contribution in [2.24, 2.45) is 4.99 Å². The molecule has 1 aromatic rings. The second kappa shape index (κ2) is 9.00. The average Bonchev–Trinajstić information content (AvgIpc) is 2.90. The van der Waals surface area contributed by atoms with Crippen molar-refractivity contribution < 1.29 is 4.52 Å². The van der Waals surface area contributed by atoms with Crippen LogP contribution in [0.1, 0.15) is 23.9 Å². The zero-order chi connectivity index (χ0) is 16.2. The third-order valence-electron chi connectivity index (χ3n) is 4.82. The number of aryl methyl sites for hydroxylation is 2. The van der Waals surface area contributed by atoms with Gasteiger partial charge < -0.3 is 15.2 Å². The molecule has 7 nitrogen and oxygen atoms in total. The molecule has 1 atom stereocenters. The molecule has 0 saturated carbocycles. The molecule has 0 amide bonds. The Bertz CT molecular complexity index is 533. The van der Waals surface area contributed by atoms with E-state index in [4.69, 9.17) is 4.52 Å². The highest BCUT2D eigenvalue weighted by molar-refractivity contribution is 14.0. The first-order valence-electron chi connectivity index (χ1n) is 8.57. The van der Waals surface area contributed by atoms with Crippen molar-refractivity contribution in [3.05, 3.63) is 17.0 Å². The molecule has 8 heteroatoms. The van der Waals surface area contributed by atoms with Gasteiger partial charge in [-0.3, -0.25) is 9.80 Å². The summed E-state index contributed by atoms with van der Waals surface area (Å²) in [6.45, 7) is 14.4. The van der Waals surface area contributed by atoms with E-state index in [2.05, 4.69) is 37.5 Å². The minimum absolute atomic E-state index is 0. The number of aromatic nitrogens is 1. The minimum Gasteiger partial charge on any atom is -0.361 e. The van der Waals surface area contributed by atoms with Gasteiger partial charge in [-0.1, -0.05) is 5.16 Å². The van der Waals surface area contributed by atoms with E-state index in [0.717, 1.165) is 42.6 Å². The van der Waals surface area contributed by atoms with Crippen LogP contribution in [0.15, 0.2) is 9.52 Å². The van der Waals surface area contributed by atoms with Crippen molar-refractivity contribution in [2.45, 2.75) is 33.4 Å². The number of halogens is 1. The Kier molecular flexibility index (Phi) is 7.30. The second-order valence-electron chi connectivity index (χ2n) is 6.37. The van der Waals surface area contributed by atoms with Crippen LogP contribution >= 0.6 is 24.0 Å². The molecule has 3 saturated heterocycles. The number of hydrogen-bond donors (Lipinski definition) is 2. The van der Waals surface area contributed by atoms with Crippen molar-refractivity contribution >= 4 is 29.9 Å². The van der Waals surface area contributed by atoms with Crippen LogP contribution in [0.5, 0.6) is 0 Å². The summed E-state index contributed by atoms with van der Waals surface area (Å²) in [6, 6.07) is 0.584. The molecule has 3 fully saturated rings. The van der Waals surface area contributed by atoms with E-state index in [1.54, 1.807) is 0 Å². The topological polar surface area (TPSA) is 68.9 Å². The number of aliphatic imine (C=N–C) groups is 1. The number of fused-ring (bicyclic) bond motifs is 3. The molecule has 0 spiro atoms. The van der Waals surface area contributed by atoms with Crippen LogP contribution in [0.2, 0.25) is 0 Å². The van der Waals surface area contributed by atoms with Gasteiger partial charge in [-0.2, -0.15) is 0 Å². The maximum Gasteiger partial charge on any atom is 0.191 e. The monoisotopic (exact) mass is 448 g/mol. The van der Waals surface area contributed by atoms with Crippen LogP contribution < -0.4 is 10.6 Å². The largest absolute Gasteiger partial charge is 0.361 e. The van der Waals surface area contributed by atoms with Crippen LogP contribution in [0.4, 0.5) is 0 Å². The molecule has 0 aromatic carbocycles. The van der Waals surface area contributed by atoms with Gasteiger partial charge in [0.15, 0.2) is 5.96 Å². The fourth-order valence-corrected chi connectivity index (χ4v) is 3.36. The van der Waals surface area contributed by atoms with Crippen LogP contribution in [0, 0.1) is 13.8 Å². The molecule has 0 aliphatic carbocycles. The van der Waals surface area contributed by atoms with Crippen molar-refractivity contribution in [1.82, 2.24) is 25.6 Å². The number of nitrogens with one attached hydrogen (secondary N) is 2. The summed E-state index contributed by atoms with van der Waals surface area (Å²) in [4.78, 5) is 9.83. The van der Waals surface area contributed by atoms with Gasteiger partial charge in [0.1, 0.15) is 5.76 Å². The van der Waals surface area contributed by atoms with Gasteiger partial charge in [-0.15, -0.1) is 24.0 Å². The Hall–Kier alpha value is -0.870. The lowest BCUT2D eigenvalue weighted by molar-refractivity contribution is 0.0154. The fourth-order valence-electron chi connectivity index (χ4n) is 3.36. The summed E-state index contributed by atoms with van der Waals surface area (Å²) in [5.74, 6) is 1.72. The quantitative estimate of drug-likeness (QED) is 0.398. The Balaban J connectivity index is 0.00000208. The molecular weight excluding hydrogens is 419 g/mol. The SMILES string of the molecule is CCNC(=NCc1c(C)noc1C)NCC1CN2CCN1CC2.I. The summed E-state index contributed by atoms with van der Waals surface area (Å²) >= 11 is 0. The molecule has 1 unspecified atom stereocenters. The van der Waals surface area contributed by atoms with E-state index in [1.165, 1.54) is 26.2 Å². The van der Waals surface area contributed by atoms with E-state index in [9.17, 15) is 0 Å². The summed E-state index contributed by atoms with van der Waals surface area (Å²) in [5, 5.41) is 10.8. The van der Waals surface area contributed by atoms with Gasteiger partial charge in [-0.05, 0) is 20.8 Å². The first-order valence-corrected chi connectivity index (χ1v) is 8.57. The van der Waals surface area contributed by atoms with Crippen LogP contribution in [0.25, 0.3) is 0 Å². The first-order chi connectivity index (χ1) is 11.2. The zero-order valence-electron chi connectivity index (χ0n) is 14.8. The van der Waals surface area contributed by atoms with Crippen LogP contribution in [-0.4, -0.2) is 72.8 Å². The van der Waals surface area contributed by atoms with Gasteiger partial charge in [0.25, 0.3) is 0 Å². The van der Waals surface area contributed by atoms with Crippen molar-refractivity contribution in [3.63, 3.8) is 0 Å². The minimum atomic E-state index is 0. The molecule has 4 rings (SSSR count). The third-order valence-corrected chi connectivity index (χ3v) is 4.82.